The number of rotatable bonds is 12. The van der Waals surface area contributed by atoms with Gasteiger partial charge in [0.15, 0.2) is 0 Å². The first-order chi connectivity index (χ1) is 38.6. The zero-order valence-electron chi connectivity index (χ0n) is 44.7. The van der Waals surface area contributed by atoms with Gasteiger partial charge in [0.25, 0.3) is 0 Å². The van der Waals surface area contributed by atoms with E-state index in [9.17, 15) is 0 Å². The molecule has 0 saturated carbocycles. The molecular weight excluding hydrogens is 941 g/mol. The highest BCUT2D eigenvalue weighted by Crippen LogP contribution is 2.59. The van der Waals surface area contributed by atoms with Crippen molar-refractivity contribution in [2.45, 2.75) is 39.0 Å². The molecular formula is C76H62N2. The van der Waals surface area contributed by atoms with Crippen molar-refractivity contribution in [2.24, 2.45) is 0 Å². The van der Waals surface area contributed by atoms with Gasteiger partial charge in [0, 0.05) is 33.4 Å². The molecule has 0 amide bonds. The Balaban J connectivity index is 0.00000301. The molecule has 1 aromatic heterocycles. The number of anilines is 3. The second-order valence-electron chi connectivity index (χ2n) is 19.8. The monoisotopic (exact) mass is 1000 g/mol. The third-order valence-electron chi connectivity index (χ3n) is 15.7. The summed E-state index contributed by atoms with van der Waals surface area (Å²) < 4.78 is 2.54. The lowest BCUT2D eigenvalue weighted by Gasteiger charge is -2.36. The van der Waals surface area contributed by atoms with Crippen molar-refractivity contribution in [3.8, 4) is 50.2 Å². The van der Waals surface area contributed by atoms with Gasteiger partial charge < -0.3 is 9.47 Å². The molecule has 0 radical (unpaired) electrons. The first-order valence-corrected chi connectivity index (χ1v) is 27.5. The van der Waals surface area contributed by atoms with Crippen molar-refractivity contribution in [3.05, 3.63) is 320 Å². The van der Waals surface area contributed by atoms with E-state index >= 15 is 0 Å². The topological polar surface area (TPSA) is 8.17 Å². The Morgan fingerprint density at radius 3 is 1.85 bits per heavy atom. The highest BCUT2D eigenvalue weighted by atomic mass is 15.1. The largest absolute Gasteiger partial charge is 0.310 e. The van der Waals surface area contributed by atoms with Gasteiger partial charge in [-0.2, -0.15) is 0 Å². The van der Waals surface area contributed by atoms with E-state index < -0.39 is 5.41 Å². The van der Waals surface area contributed by atoms with Crippen molar-refractivity contribution in [3.63, 3.8) is 0 Å². The van der Waals surface area contributed by atoms with E-state index in [1.807, 2.05) is 19.9 Å². The van der Waals surface area contributed by atoms with Crippen LogP contribution in [-0.2, 0) is 5.41 Å². The molecule has 11 aromatic rings. The van der Waals surface area contributed by atoms with Crippen LogP contribution in [0, 0.1) is 0 Å². The first-order valence-electron chi connectivity index (χ1n) is 27.5. The van der Waals surface area contributed by atoms with Crippen molar-refractivity contribution in [1.29, 1.82) is 0 Å². The molecule has 0 aliphatic heterocycles. The Bertz CT molecular complexity index is 4110. The summed E-state index contributed by atoms with van der Waals surface area (Å²) in [5, 5.41) is 2.48. The molecule has 0 spiro atoms. The van der Waals surface area contributed by atoms with E-state index in [2.05, 4.69) is 302 Å². The summed E-state index contributed by atoms with van der Waals surface area (Å²) in [5.74, 6) is 0. The molecule has 2 heteroatoms. The summed E-state index contributed by atoms with van der Waals surface area (Å²) in [6, 6.07) is 89.6. The first kappa shape index (κ1) is 49.4. The number of benzene rings is 10. The van der Waals surface area contributed by atoms with Crippen molar-refractivity contribution in [1.82, 2.24) is 4.57 Å². The van der Waals surface area contributed by atoms with Gasteiger partial charge in [-0.25, -0.2) is 0 Å². The van der Waals surface area contributed by atoms with Crippen LogP contribution in [0.3, 0.4) is 0 Å². The fourth-order valence-corrected chi connectivity index (χ4v) is 12.5. The molecule has 2 nitrogen and oxygen atoms in total. The van der Waals surface area contributed by atoms with Crippen molar-refractivity contribution < 1.29 is 0 Å². The minimum Gasteiger partial charge on any atom is -0.310 e. The molecule has 0 N–H and O–H groups in total. The third-order valence-corrected chi connectivity index (χ3v) is 15.7. The van der Waals surface area contributed by atoms with Crippen LogP contribution >= 0.6 is 0 Å². The highest BCUT2D eigenvalue weighted by molar-refractivity contribution is 6.11. The van der Waals surface area contributed by atoms with Crippen LogP contribution in [-0.4, -0.2) is 4.57 Å². The van der Waals surface area contributed by atoms with Crippen molar-refractivity contribution >= 4 is 44.4 Å². The Morgan fingerprint density at radius 1 is 0.513 bits per heavy atom. The van der Waals surface area contributed by atoms with Gasteiger partial charge in [-0.1, -0.05) is 257 Å². The predicted octanol–water partition coefficient (Wildman–Crippen LogP) is 21.0. The Labute approximate surface area is 460 Å². The fourth-order valence-electron chi connectivity index (χ4n) is 12.5. The van der Waals surface area contributed by atoms with Crippen LogP contribution < -0.4 is 4.90 Å². The second-order valence-corrected chi connectivity index (χ2v) is 19.8. The molecule has 10 aromatic carbocycles. The predicted molar refractivity (Wildman–Crippen MR) is 334 cm³/mol. The lowest BCUT2D eigenvalue weighted by Crippen LogP contribution is -2.30. The third kappa shape index (κ3) is 8.47. The standard InChI is InChI=1S/C74H56N2.C2H6/c1-3-24-52(25-4-2)63-49-47-60(51-67(63)53-26-9-5-10-27-53)75(58-32-15-8-16-33-58)59-45-42-54(43-46-59)61-34-17-18-35-62(61)55-44-48-65-64-36-20-22-40-70(64)76(72(65)50-55)71-41-23-39-69-73(71)66-37-19-21-38-68(66)74(69,56-28-11-6-12-29-56)57-30-13-7-14-31-57;1-2/h3-13,15-30,32-51H,1,14,31H2,2H3;1-2H3/b25-4-,52-24+;. The van der Waals surface area contributed by atoms with Crippen molar-refractivity contribution in [2.75, 3.05) is 4.90 Å². The van der Waals surface area contributed by atoms with Gasteiger partial charge in [-0.15, -0.1) is 0 Å². The normalized spacial score (nSPS) is 14.7. The molecule has 2 aliphatic carbocycles. The molecule has 0 saturated heterocycles. The Hall–Kier alpha value is -9.50. The van der Waals surface area contributed by atoms with Gasteiger partial charge in [-0.3, -0.25) is 0 Å². The molecule has 0 bridgehead atoms. The summed E-state index contributed by atoms with van der Waals surface area (Å²) in [6.45, 7) is 10.1. The SMILES string of the molecule is C=C/C=C(\C=C/C)c1ccc(N(c2ccccc2)c2ccc(-c3ccccc3-c3ccc4c5ccccc5n(-c5cccc6c5-c5ccccc5C6(C5=CC=CCC5)c5ccccc5)c4c3)cc2)cc1-c1ccccc1.CC. The summed E-state index contributed by atoms with van der Waals surface area (Å²) in [5.41, 5.74) is 23.7. The van der Waals surface area contributed by atoms with Gasteiger partial charge in [0.1, 0.15) is 0 Å². The lowest BCUT2D eigenvalue weighted by molar-refractivity contribution is 0.692. The smallest absolute Gasteiger partial charge is 0.0677 e. The van der Waals surface area contributed by atoms with E-state index in [0.717, 1.165) is 57.7 Å². The lowest BCUT2D eigenvalue weighted by atomic mass is 9.65. The van der Waals surface area contributed by atoms with Gasteiger partial charge >= 0.3 is 0 Å². The Kier molecular flexibility index (Phi) is 13.7. The maximum atomic E-state index is 4.04. The molecule has 1 heterocycles. The summed E-state index contributed by atoms with van der Waals surface area (Å²) in [4.78, 5) is 2.36. The number of nitrogens with zero attached hydrogens (tertiary/aromatic N) is 2. The van der Waals surface area contributed by atoms with Crippen LogP contribution in [0.5, 0.6) is 0 Å². The van der Waals surface area contributed by atoms with Gasteiger partial charge in [-0.05, 0) is 141 Å². The van der Waals surface area contributed by atoms with E-state index in [1.54, 1.807) is 0 Å². The van der Waals surface area contributed by atoms with Crippen LogP contribution in [0.2, 0.25) is 0 Å². The van der Waals surface area contributed by atoms with E-state index in [-0.39, 0.29) is 0 Å². The molecule has 1 unspecified atom stereocenters. The number of hydrogen-bond acceptors (Lipinski definition) is 1. The summed E-state index contributed by atoms with van der Waals surface area (Å²) >= 11 is 0. The average molecular weight is 1000 g/mol. The number of para-hydroxylation sites is 2. The highest BCUT2D eigenvalue weighted by Gasteiger charge is 2.48. The van der Waals surface area contributed by atoms with Crippen LogP contribution in [0.1, 0.15) is 55.9 Å². The molecule has 13 rings (SSSR count). The molecule has 0 fully saturated rings. The molecule has 1 atom stereocenters. The van der Waals surface area contributed by atoms with Gasteiger partial charge in [0.05, 0.1) is 22.1 Å². The summed E-state index contributed by atoms with van der Waals surface area (Å²) in [6.07, 6.45) is 17.2. The fraction of sp³-hybridized carbons (Fsp3) is 0.0789. The second kappa shape index (κ2) is 21.6. The molecule has 376 valence electrons. The number of fused-ring (bicyclic) bond motifs is 6. The van der Waals surface area contributed by atoms with E-state index in [4.69, 9.17) is 0 Å². The van der Waals surface area contributed by atoms with Crippen LogP contribution in [0.15, 0.2) is 297 Å². The number of aromatic nitrogens is 1. The maximum absolute atomic E-state index is 4.04. The average Bonchev–Trinajstić information content (AvgIpc) is 3.92. The minimum atomic E-state index is -0.417. The van der Waals surface area contributed by atoms with Gasteiger partial charge in [0.2, 0.25) is 0 Å². The van der Waals surface area contributed by atoms with Crippen LogP contribution in [0.4, 0.5) is 17.1 Å². The summed E-state index contributed by atoms with van der Waals surface area (Å²) in [7, 11) is 0. The van der Waals surface area contributed by atoms with E-state index in [0.29, 0.717) is 0 Å². The zero-order valence-corrected chi connectivity index (χ0v) is 44.7. The molecule has 2 aliphatic rings. The molecule has 78 heavy (non-hydrogen) atoms. The quantitative estimate of drug-likeness (QED) is 0.111. The van der Waals surface area contributed by atoms with Crippen LogP contribution in [0.25, 0.3) is 77.6 Å². The Morgan fingerprint density at radius 2 is 1.12 bits per heavy atom. The zero-order chi connectivity index (χ0) is 53.0. The minimum absolute atomic E-state index is 0.417. The number of hydrogen-bond donors (Lipinski definition) is 0. The maximum Gasteiger partial charge on any atom is 0.0677 e. The van der Waals surface area contributed by atoms with E-state index in [1.165, 1.54) is 77.6 Å². The number of allylic oxidation sites excluding steroid dienone is 9.